The van der Waals surface area contributed by atoms with Gasteiger partial charge < -0.3 is 0 Å². The summed E-state index contributed by atoms with van der Waals surface area (Å²) in [6, 6.07) is 7.34. The van der Waals surface area contributed by atoms with Crippen LogP contribution in [0.4, 0.5) is 0 Å². The van der Waals surface area contributed by atoms with Crippen LogP contribution >= 0.6 is 0 Å². The molecule has 10 heteroatoms. The van der Waals surface area contributed by atoms with Gasteiger partial charge in [-0.25, -0.2) is 0 Å². The average Bonchev–Trinajstić information content (AvgIpc) is 2.62. The van der Waals surface area contributed by atoms with Crippen molar-refractivity contribution < 1.29 is 9.85 Å². The molecule has 0 rings (SSSR count). The Morgan fingerprint density at radius 1 is 0.577 bits per heavy atom. The minimum absolute atomic E-state index is 0.103. The van der Waals surface area contributed by atoms with Crippen molar-refractivity contribution in [2.24, 2.45) is 0 Å². The summed E-state index contributed by atoms with van der Waals surface area (Å²) >= 11 is 0. The molecule has 0 saturated heterocycles. The van der Waals surface area contributed by atoms with E-state index in [-0.39, 0.29) is 64.2 Å². The van der Waals surface area contributed by atoms with E-state index in [9.17, 15) is 20.2 Å². The van der Waals surface area contributed by atoms with Gasteiger partial charge in [-0.1, -0.05) is 0 Å². The smallest absolute Gasteiger partial charge is 0.224 e. The summed E-state index contributed by atoms with van der Waals surface area (Å²) < 4.78 is 0. The molecule has 0 aliphatic heterocycles. The first-order valence-electron chi connectivity index (χ1n) is 8.11. The van der Waals surface area contributed by atoms with Crippen molar-refractivity contribution in [3.8, 4) is 24.3 Å². The van der Waals surface area contributed by atoms with Gasteiger partial charge in [0.2, 0.25) is 11.1 Å². The molecule has 0 atom stereocenters. The highest BCUT2D eigenvalue weighted by Gasteiger charge is 2.48. The first-order valence-corrected chi connectivity index (χ1v) is 8.11. The predicted molar refractivity (Wildman–Crippen MR) is 88.1 cm³/mol. The third kappa shape index (κ3) is 6.34. The Hall–Kier alpha value is -3.24. The van der Waals surface area contributed by atoms with E-state index in [0.29, 0.717) is 0 Å². The topological polar surface area (TPSA) is 181 Å². The fraction of sp³-hybridized carbons (Fsp3) is 0.750. The van der Waals surface area contributed by atoms with Crippen molar-refractivity contribution >= 4 is 0 Å². The second-order valence-electron chi connectivity index (χ2n) is 6.10. The zero-order valence-electron chi connectivity index (χ0n) is 14.4. The number of hydrogen-bond acceptors (Lipinski definition) is 8. The fourth-order valence-electron chi connectivity index (χ4n) is 2.92. The van der Waals surface area contributed by atoms with Crippen LogP contribution in [0.5, 0.6) is 0 Å². The Kier molecular flexibility index (Phi) is 9.93. The number of nitro groups is 2. The lowest BCUT2D eigenvalue weighted by Crippen LogP contribution is -2.44. The van der Waals surface area contributed by atoms with Crippen LogP contribution in [0.2, 0.25) is 0 Å². The Labute approximate surface area is 151 Å². The molecule has 0 bridgehead atoms. The second-order valence-corrected chi connectivity index (χ2v) is 6.10. The van der Waals surface area contributed by atoms with E-state index in [0.717, 1.165) is 0 Å². The molecule has 138 valence electrons. The van der Waals surface area contributed by atoms with Gasteiger partial charge in [0.25, 0.3) is 0 Å². The predicted octanol–water partition coefficient (Wildman–Crippen LogP) is 3.01. The Morgan fingerprint density at radius 3 is 0.962 bits per heavy atom. The van der Waals surface area contributed by atoms with Crippen molar-refractivity contribution in [2.75, 3.05) is 0 Å². The molecule has 0 N–H and O–H groups in total. The van der Waals surface area contributed by atoms with Crippen molar-refractivity contribution in [3.63, 3.8) is 0 Å². The summed E-state index contributed by atoms with van der Waals surface area (Å²) in [5.41, 5.74) is -3.21. The molecule has 0 saturated carbocycles. The third-order valence-corrected chi connectivity index (χ3v) is 4.64. The van der Waals surface area contributed by atoms with Crippen molar-refractivity contribution in [1.82, 2.24) is 0 Å². The standard InChI is InChI=1S/C16H20N6O4/c17-11-1-5-15(21(23)24,6-2-12-18)9-10-16(22(25)26,7-3-13-19)8-4-14-20/h1-10H2. The van der Waals surface area contributed by atoms with Gasteiger partial charge in [0.05, 0.1) is 24.3 Å². The minimum Gasteiger partial charge on any atom is -0.264 e. The fourth-order valence-corrected chi connectivity index (χ4v) is 2.92. The van der Waals surface area contributed by atoms with Crippen LogP contribution in [0, 0.1) is 65.6 Å². The van der Waals surface area contributed by atoms with Crippen LogP contribution in [0.15, 0.2) is 0 Å². The summed E-state index contributed by atoms with van der Waals surface area (Å²) in [7, 11) is 0. The van der Waals surface area contributed by atoms with Gasteiger partial charge in [0, 0.05) is 74.1 Å². The first kappa shape index (κ1) is 22.8. The zero-order chi connectivity index (χ0) is 20.1. The van der Waals surface area contributed by atoms with Gasteiger partial charge >= 0.3 is 0 Å². The Bertz CT molecular complexity index is 570. The molecule has 0 fully saturated rings. The van der Waals surface area contributed by atoms with Gasteiger partial charge in [0.15, 0.2) is 0 Å². The molecule has 0 heterocycles. The van der Waals surface area contributed by atoms with Crippen LogP contribution < -0.4 is 0 Å². The Morgan fingerprint density at radius 2 is 0.808 bits per heavy atom. The molecular formula is C16H20N6O4. The zero-order valence-corrected chi connectivity index (χ0v) is 14.4. The van der Waals surface area contributed by atoms with Gasteiger partial charge in [-0.3, -0.25) is 20.2 Å². The lowest BCUT2D eigenvalue weighted by Gasteiger charge is -2.29. The van der Waals surface area contributed by atoms with Crippen LogP contribution in [-0.2, 0) is 0 Å². The van der Waals surface area contributed by atoms with E-state index in [2.05, 4.69) is 0 Å². The highest BCUT2D eigenvalue weighted by atomic mass is 16.6. The molecule has 0 aromatic rings. The maximum Gasteiger partial charge on any atom is 0.224 e. The quantitative estimate of drug-likeness (QED) is 0.354. The van der Waals surface area contributed by atoms with E-state index < -0.39 is 20.9 Å². The lowest BCUT2D eigenvalue weighted by atomic mass is 9.77. The highest BCUT2D eigenvalue weighted by molar-refractivity contribution is 4.93. The van der Waals surface area contributed by atoms with Gasteiger partial charge in [-0.05, 0) is 0 Å². The Balaban J connectivity index is 5.67. The van der Waals surface area contributed by atoms with E-state index in [1.165, 1.54) is 0 Å². The van der Waals surface area contributed by atoms with Crippen LogP contribution in [0.1, 0.15) is 64.2 Å². The molecule has 0 aliphatic carbocycles. The van der Waals surface area contributed by atoms with E-state index in [4.69, 9.17) is 21.0 Å². The summed E-state index contributed by atoms with van der Waals surface area (Å²) in [5.74, 6) is 0. The van der Waals surface area contributed by atoms with E-state index in [1.54, 1.807) is 0 Å². The maximum atomic E-state index is 11.7. The van der Waals surface area contributed by atoms with Gasteiger partial charge in [-0.2, -0.15) is 21.0 Å². The molecular weight excluding hydrogens is 340 g/mol. The third-order valence-electron chi connectivity index (χ3n) is 4.64. The largest absolute Gasteiger partial charge is 0.264 e. The first-order chi connectivity index (χ1) is 12.3. The molecule has 0 radical (unpaired) electrons. The van der Waals surface area contributed by atoms with Gasteiger partial charge in [0.1, 0.15) is 0 Å². The second kappa shape index (κ2) is 11.3. The van der Waals surface area contributed by atoms with E-state index >= 15 is 0 Å². The summed E-state index contributed by atoms with van der Waals surface area (Å²) in [6.45, 7) is 0. The van der Waals surface area contributed by atoms with Crippen molar-refractivity contribution in [2.45, 2.75) is 75.3 Å². The van der Waals surface area contributed by atoms with Crippen LogP contribution in [-0.4, -0.2) is 20.9 Å². The number of hydrogen-bond donors (Lipinski definition) is 0. The molecule has 0 amide bonds. The highest BCUT2D eigenvalue weighted by Crippen LogP contribution is 2.36. The molecule has 0 aromatic heterocycles. The molecule has 10 nitrogen and oxygen atoms in total. The molecule has 0 aliphatic rings. The minimum atomic E-state index is -1.61. The SMILES string of the molecule is N#CCCC(CCC#N)(CCC(CCC#N)(CCC#N)[N+](=O)[O-])[N+](=O)[O-]. The normalized spacial score (nSPS) is 10.8. The molecule has 26 heavy (non-hydrogen) atoms. The summed E-state index contributed by atoms with van der Waals surface area (Å²) in [5, 5.41) is 58.4. The monoisotopic (exact) mass is 360 g/mol. The van der Waals surface area contributed by atoms with E-state index in [1.807, 2.05) is 24.3 Å². The number of nitriles is 4. The summed E-state index contributed by atoms with van der Waals surface area (Å²) in [4.78, 5) is 22.2. The number of rotatable bonds is 13. The van der Waals surface area contributed by atoms with Crippen LogP contribution in [0.3, 0.4) is 0 Å². The molecule has 0 aromatic carbocycles. The van der Waals surface area contributed by atoms with Crippen molar-refractivity contribution in [1.29, 1.82) is 21.0 Å². The summed E-state index contributed by atoms with van der Waals surface area (Å²) in [6.07, 6.45) is -1.23. The lowest BCUT2D eigenvalue weighted by molar-refractivity contribution is -0.590. The van der Waals surface area contributed by atoms with Gasteiger partial charge in [-0.15, -0.1) is 0 Å². The van der Waals surface area contributed by atoms with Crippen LogP contribution in [0.25, 0.3) is 0 Å². The maximum absolute atomic E-state index is 11.7. The average molecular weight is 360 g/mol. The van der Waals surface area contributed by atoms with Crippen molar-refractivity contribution in [3.05, 3.63) is 20.2 Å². The molecule has 0 spiro atoms. The number of nitrogens with zero attached hydrogens (tertiary/aromatic N) is 6. The molecule has 0 unspecified atom stereocenters.